The van der Waals surface area contributed by atoms with E-state index in [0.29, 0.717) is 46.5 Å². The minimum absolute atomic E-state index is 0.0585. The lowest BCUT2D eigenvalue weighted by molar-refractivity contribution is -0.129. The zero-order valence-corrected chi connectivity index (χ0v) is 26.3. The molecule has 240 valence electrons. The Morgan fingerprint density at radius 1 is 1.07 bits per heavy atom. The predicted molar refractivity (Wildman–Crippen MR) is 170 cm³/mol. The van der Waals surface area contributed by atoms with Crippen molar-refractivity contribution < 1.29 is 28.3 Å². The molecule has 0 aliphatic carbocycles. The van der Waals surface area contributed by atoms with Gasteiger partial charge in [-0.15, -0.1) is 0 Å². The maximum atomic E-state index is 13.7. The molecule has 3 heterocycles. The Hall–Kier alpha value is -5.39. The van der Waals surface area contributed by atoms with Crippen molar-refractivity contribution in [2.45, 2.75) is 39.3 Å². The maximum Gasteiger partial charge on any atom is 0.263 e. The Morgan fingerprint density at radius 3 is 2.61 bits per heavy atom. The van der Waals surface area contributed by atoms with Crippen molar-refractivity contribution in [2.24, 2.45) is 7.05 Å². The third kappa shape index (κ3) is 7.28. The van der Waals surface area contributed by atoms with E-state index in [9.17, 15) is 19.2 Å². The van der Waals surface area contributed by atoms with E-state index in [1.807, 2.05) is 30.3 Å². The molecule has 1 aliphatic rings. The first kappa shape index (κ1) is 32.0. The van der Waals surface area contributed by atoms with Crippen molar-refractivity contribution in [3.05, 3.63) is 99.3 Å². The van der Waals surface area contributed by atoms with Gasteiger partial charge in [0.15, 0.2) is 11.5 Å². The molecule has 0 spiro atoms. The average Bonchev–Trinajstić information content (AvgIpc) is 3.43. The van der Waals surface area contributed by atoms with Crippen molar-refractivity contribution in [3.63, 3.8) is 0 Å². The summed E-state index contributed by atoms with van der Waals surface area (Å²) in [6.07, 6.45) is 0.547. The van der Waals surface area contributed by atoms with Gasteiger partial charge in [0.05, 0.1) is 26.8 Å². The molecule has 2 aromatic carbocycles. The highest BCUT2D eigenvalue weighted by atomic mass is 16.5. The van der Waals surface area contributed by atoms with Crippen LogP contribution in [0, 0.1) is 13.8 Å². The predicted octanol–water partition coefficient (Wildman–Crippen LogP) is 2.93. The number of hydrogen-bond donors (Lipinski definition) is 2. The number of aromatic nitrogens is 2. The lowest BCUT2D eigenvalue weighted by atomic mass is 10.0. The van der Waals surface area contributed by atoms with Crippen LogP contribution in [0.25, 0.3) is 11.5 Å². The molecule has 4 bridgehead atoms. The second kappa shape index (κ2) is 14.1. The summed E-state index contributed by atoms with van der Waals surface area (Å²) in [5, 5.41) is 5.68. The van der Waals surface area contributed by atoms with E-state index in [0.717, 1.165) is 5.56 Å². The van der Waals surface area contributed by atoms with Crippen molar-refractivity contribution >= 4 is 17.7 Å². The number of nitrogens with one attached hydrogen (secondary N) is 2. The average molecular weight is 628 g/mol. The largest absolute Gasteiger partial charge is 0.493 e. The van der Waals surface area contributed by atoms with Gasteiger partial charge in [0.25, 0.3) is 11.5 Å². The zero-order chi connectivity index (χ0) is 32.8. The SMILES string of the molecule is COc1ccc2cc1OCCCN(C(=O)c1ccc(C)n(C)c1=O)CC(=O)N[C@H](Cc1ccccc1)C(=O)NCc1nc-2oc1C. The standard InChI is InChI=1S/C34H37N5O7/c1-21-11-13-25(33(42)38(21)3)34(43)39-15-8-16-45-29-18-24(12-14-28(29)44-4)32-37-27(22(2)46-32)19-35-31(41)26(36-30(40)20-39)17-23-9-6-5-7-10-23/h5-7,9-14,18,26H,8,15-17,19-20H2,1-4H3,(H,35,41)(H,36,40)/t26-/m1/s1. The first-order chi connectivity index (χ1) is 22.1. The van der Waals surface area contributed by atoms with E-state index in [-0.39, 0.29) is 38.2 Å². The highest BCUT2D eigenvalue weighted by Crippen LogP contribution is 2.33. The maximum absolute atomic E-state index is 13.7. The first-order valence-electron chi connectivity index (χ1n) is 15.0. The van der Waals surface area contributed by atoms with Crippen LogP contribution in [-0.4, -0.2) is 65.0 Å². The monoisotopic (exact) mass is 627 g/mol. The number of ether oxygens (including phenoxy) is 2. The Balaban J connectivity index is 1.48. The summed E-state index contributed by atoms with van der Waals surface area (Å²) in [6.45, 7) is 3.49. The molecule has 5 rings (SSSR count). The molecule has 1 atom stereocenters. The number of carbonyl (C=O) groups is 3. The molecule has 12 heteroatoms. The van der Waals surface area contributed by atoms with Crippen molar-refractivity contribution in [1.29, 1.82) is 0 Å². The molecule has 46 heavy (non-hydrogen) atoms. The Bertz CT molecular complexity index is 1800. The van der Waals surface area contributed by atoms with Crippen molar-refractivity contribution in [2.75, 3.05) is 26.8 Å². The highest BCUT2D eigenvalue weighted by Gasteiger charge is 2.27. The van der Waals surface area contributed by atoms with Gasteiger partial charge in [-0.05, 0) is 56.2 Å². The summed E-state index contributed by atoms with van der Waals surface area (Å²) in [5.74, 6) is 0.250. The van der Waals surface area contributed by atoms with Crippen molar-refractivity contribution in [1.82, 2.24) is 25.1 Å². The lowest BCUT2D eigenvalue weighted by Crippen LogP contribution is -2.51. The molecule has 12 nitrogen and oxygen atoms in total. The Labute approximate surface area is 266 Å². The number of nitrogens with zero attached hydrogens (tertiary/aromatic N) is 3. The van der Waals surface area contributed by atoms with Crippen LogP contribution in [-0.2, 0) is 29.6 Å². The number of rotatable bonds is 4. The van der Waals surface area contributed by atoms with E-state index in [4.69, 9.17) is 13.9 Å². The van der Waals surface area contributed by atoms with E-state index >= 15 is 0 Å². The third-order valence-corrected chi connectivity index (χ3v) is 7.90. The van der Waals surface area contributed by atoms with Gasteiger partial charge in [-0.1, -0.05) is 30.3 Å². The van der Waals surface area contributed by atoms with Crippen molar-refractivity contribution in [3.8, 4) is 23.0 Å². The van der Waals surface area contributed by atoms with Gasteiger partial charge in [-0.3, -0.25) is 19.2 Å². The fraction of sp³-hybridized carbons (Fsp3) is 0.324. The lowest BCUT2D eigenvalue weighted by Gasteiger charge is -2.25. The number of hydrogen-bond acceptors (Lipinski definition) is 8. The van der Waals surface area contributed by atoms with Crippen LogP contribution < -0.4 is 25.7 Å². The van der Waals surface area contributed by atoms with Gasteiger partial charge in [0.2, 0.25) is 17.7 Å². The molecule has 0 radical (unpaired) electrons. The number of oxazole rings is 1. The minimum atomic E-state index is -0.947. The second-order valence-electron chi connectivity index (χ2n) is 11.1. The summed E-state index contributed by atoms with van der Waals surface area (Å²) >= 11 is 0. The van der Waals surface area contributed by atoms with Crippen LogP contribution in [0.2, 0.25) is 0 Å². The van der Waals surface area contributed by atoms with Crippen LogP contribution in [0.3, 0.4) is 0 Å². The number of amides is 3. The molecule has 2 aromatic heterocycles. The molecule has 3 amide bonds. The van der Waals surface area contributed by atoms with Gasteiger partial charge in [0.1, 0.15) is 23.1 Å². The number of fused-ring (bicyclic) bond motifs is 5. The molecule has 0 unspecified atom stereocenters. The van der Waals surface area contributed by atoms with Crippen LogP contribution in [0.1, 0.15) is 39.5 Å². The summed E-state index contributed by atoms with van der Waals surface area (Å²) < 4.78 is 18.8. The second-order valence-corrected chi connectivity index (χ2v) is 11.1. The van der Waals surface area contributed by atoms with E-state index in [2.05, 4.69) is 15.6 Å². The number of carbonyl (C=O) groups excluding carboxylic acids is 3. The fourth-order valence-corrected chi connectivity index (χ4v) is 5.16. The van der Waals surface area contributed by atoms with Gasteiger partial charge >= 0.3 is 0 Å². The molecule has 1 aliphatic heterocycles. The summed E-state index contributed by atoms with van der Waals surface area (Å²) in [7, 11) is 3.12. The van der Waals surface area contributed by atoms with Gasteiger partial charge < -0.3 is 34.0 Å². The van der Waals surface area contributed by atoms with Crippen LogP contribution in [0.5, 0.6) is 11.5 Å². The van der Waals surface area contributed by atoms with Gasteiger partial charge in [-0.2, -0.15) is 0 Å². The third-order valence-electron chi connectivity index (χ3n) is 7.90. The fourth-order valence-electron chi connectivity index (χ4n) is 5.16. The number of pyridine rings is 1. The highest BCUT2D eigenvalue weighted by molar-refractivity contribution is 5.97. The van der Waals surface area contributed by atoms with E-state index in [1.54, 1.807) is 45.2 Å². The molecule has 4 aromatic rings. The first-order valence-corrected chi connectivity index (χ1v) is 15.0. The zero-order valence-electron chi connectivity index (χ0n) is 26.3. The van der Waals surface area contributed by atoms with Crippen LogP contribution >= 0.6 is 0 Å². The van der Waals surface area contributed by atoms with Crippen LogP contribution in [0.15, 0.2) is 69.9 Å². The van der Waals surface area contributed by atoms with Gasteiger partial charge in [-0.25, -0.2) is 4.98 Å². The molecular weight excluding hydrogens is 590 g/mol. The smallest absolute Gasteiger partial charge is 0.263 e. The Morgan fingerprint density at radius 2 is 1.85 bits per heavy atom. The molecular formula is C34H37N5O7. The summed E-state index contributed by atoms with van der Waals surface area (Å²) in [5.41, 5.74) is 2.19. The minimum Gasteiger partial charge on any atom is -0.493 e. The van der Waals surface area contributed by atoms with E-state index in [1.165, 1.54) is 22.6 Å². The normalized spacial score (nSPS) is 16.0. The number of benzene rings is 2. The quantitative estimate of drug-likeness (QED) is 0.352. The Kier molecular flexibility index (Phi) is 9.85. The van der Waals surface area contributed by atoms with Crippen LogP contribution in [0.4, 0.5) is 0 Å². The van der Waals surface area contributed by atoms with Gasteiger partial charge in [0, 0.05) is 31.3 Å². The summed E-state index contributed by atoms with van der Waals surface area (Å²) in [4.78, 5) is 59.6. The topological polar surface area (TPSA) is 145 Å². The number of methoxy groups -OCH3 is 1. The summed E-state index contributed by atoms with van der Waals surface area (Å²) in [6, 6.07) is 16.8. The molecule has 0 saturated heterocycles. The van der Waals surface area contributed by atoms with E-state index < -0.39 is 29.3 Å². The molecule has 0 saturated carbocycles. The number of aryl methyl sites for hydroxylation is 2. The molecule has 2 N–H and O–H groups in total. The molecule has 0 fully saturated rings.